The topological polar surface area (TPSA) is 17.8 Å². The van der Waals surface area contributed by atoms with E-state index in [1.54, 1.807) is 30.5 Å². The van der Waals surface area contributed by atoms with E-state index in [1.807, 2.05) is 18.4 Å². The highest BCUT2D eigenvalue weighted by Gasteiger charge is 2.29. The maximum absolute atomic E-state index is 13.5. The second-order valence-electron chi connectivity index (χ2n) is 6.01. The molecule has 6 heteroatoms. The first-order valence-corrected chi connectivity index (χ1v) is 8.12. The zero-order valence-corrected chi connectivity index (χ0v) is 14.7. The van der Waals surface area contributed by atoms with Crippen LogP contribution in [-0.2, 0) is 5.41 Å². The van der Waals surface area contributed by atoms with E-state index in [-0.39, 0.29) is 10.8 Å². The Balaban J connectivity index is 2.15. The van der Waals surface area contributed by atoms with Crippen molar-refractivity contribution < 1.29 is 8.78 Å². The Hall–Kier alpha value is -1.85. The molecular formula is C18H15ClF2N2S. The summed E-state index contributed by atoms with van der Waals surface area (Å²) in [5.74, 6) is -0.774. The van der Waals surface area contributed by atoms with Crippen molar-refractivity contribution >= 4 is 24.2 Å². The first kappa shape index (κ1) is 17.0. The lowest BCUT2D eigenvalue weighted by Crippen LogP contribution is -2.23. The number of hydrogen-bond donors (Lipinski definition) is 1. The van der Waals surface area contributed by atoms with Gasteiger partial charge in [-0.2, -0.15) is 0 Å². The van der Waals surface area contributed by atoms with E-state index >= 15 is 0 Å². The van der Waals surface area contributed by atoms with Crippen LogP contribution in [0.5, 0.6) is 0 Å². The molecule has 0 saturated heterocycles. The summed E-state index contributed by atoms with van der Waals surface area (Å²) in [4.78, 5) is 4.27. The van der Waals surface area contributed by atoms with E-state index in [1.165, 1.54) is 18.2 Å². The van der Waals surface area contributed by atoms with Crippen molar-refractivity contribution in [3.8, 4) is 5.69 Å². The molecule has 0 aliphatic rings. The van der Waals surface area contributed by atoms with Crippen molar-refractivity contribution in [3.63, 3.8) is 0 Å². The number of rotatable bonds is 3. The predicted molar refractivity (Wildman–Crippen MR) is 94.3 cm³/mol. The minimum atomic E-state index is -0.514. The Morgan fingerprint density at radius 2 is 1.75 bits per heavy atom. The predicted octanol–water partition coefficient (Wildman–Crippen LogP) is 5.42. The van der Waals surface area contributed by atoms with Gasteiger partial charge in [0.25, 0.3) is 0 Å². The monoisotopic (exact) mass is 364 g/mol. The number of benzene rings is 2. The van der Waals surface area contributed by atoms with E-state index in [2.05, 4.69) is 17.6 Å². The molecular weight excluding hydrogens is 350 g/mol. The van der Waals surface area contributed by atoms with Gasteiger partial charge in [-0.25, -0.2) is 13.8 Å². The molecule has 0 unspecified atom stereocenters. The largest absolute Gasteiger partial charge is 0.291 e. The van der Waals surface area contributed by atoms with Gasteiger partial charge in [0.1, 0.15) is 11.6 Å². The quantitative estimate of drug-likeness (QED) is 0.614. The molecule has 0 aliphatic heterocycles. The van der Waals surface area contributed by atoms with E-state index < -0.39 is 11.2 Å². The molecule has 2 aromatic carbocycles. The van der Waals surface area contributed by atoms with E-state index in [4.69, 9.17) is 11.6 Å². The first-order chi connectivity index (χ1) is 11.3. The van der Waals surface area contributed by atoms with Crippen LogP contribution in [0.15, 0.2) is 53.8 Å². The van der Waals surface area contributed by atoms with Crippen LogP contribution in [0.2, 0.25) is 5.02 Å². The lowest BCUT2D eigenvalue weighted by molar-refractivity contribution is 0.585. The van der Waals surface area contributed by atoms with Crippen LogP contribution in [0.3, 0.4) is 0 Å². The van der Waals surface area contributed by atoms with Crippen molar-refractivity contribution in [2.24, 2.45) is 0 Å². The molecule has 3 rings (SSSR count). The van der Waals surface area contributed by atoms with Crippen LogP contribution in [-0.4, -0.2) is 9.55 Å². The van der Waals surface area contributed by atoms with Gasteiger partial charge in [-0.15, -0.1) is 12.6 Å². The second kappa shape index (κ2) is 6.22. The average molecular weight is 365 g/mol. The third kappa shape index (κ3) is 2.94. The summed E-state index contributed by atoms with van der Waals surface area (Å²) < 4.78 is 28.5. The Kier molecular flexibility index (Phi) is 4.40. The normalized spacial score (nSPS) is 11.8. The van der Waals surface area contributed by atoms with Crippen LogP contribution in [0, 0.1) is 11.6 Å². The Bertz CT molecular complexity index is 889. The number of imidazole rings is 1. The highest BCUT2D eigenvalue weighted by Crippen LogP contribution is 2.35. The molecule has 0 aliphatic carbocycles. The van der Waals surface area contributed by atoms with Crippen molar-refractivity contribution in [2.45, 2.75) is 24.4 Å². The van der Waals surface area contributed by atoms with Crippen LogP contribution in [0.25, 0.3) is 5.69 Å². The minimum Gasteiger partial charge on any atom is -0.291 e. The third-order valence-corrected chi connectivity index (χ3v) is 4.71. The summed E-state index contributed by atoms with van der Waals surface area (Å²) in [6.45, 7) is 3.97. The fraction of sp³-hybridized carbons (Fsp3) is 0.167. The van der Waals surface area contributed by atoms with Gasteiger partial charge in [0.15, 0.2) is 5.16 Å². The standard InChI is InChI=1S/C18H15ClF2N2S/c1-18(2,11-3-8-15(21)14(19)9-11)16-10-22-17(24)23(16)13-6-4-12(20)5-7-13/h3-10H,1-2H3,(H,22,24). The fourth-order valence-electron chi connectivity index (χ4n) is 2.66. The SMILES string of the molecule is CC(C)(c1ccc(F)c(Cl)c1)c1cnc(S)n1-c1ccc(F)cc1. The lowest BCUT2D eigenvalue weighted by atomic mass is 9.81. The summed E-state index contributed by atoms with van der Waals surface area (Å²) in [6.07, 6.45) is 1.71. The molecule has 24 heavy (non-hydrogen) atoms. The molecule has 0 N–H and O–H groups in total. The number of thiol groups is 1. The fourth-order valence-corrected chi connectivity index (χ4v) is 3.12. The zero-order chi connectivity index (χ0) is 17.5. The first-order valence-electron chi connectivity index (χ1n) is 7.29. The molecule has 2 nitrogen and oxygen atoms in total. The van der Waals surface area contributed by atoms with Crippen LogP contribution < -0.4 is 0 Å². The third-order valence-electron chi connectivity index (χ3n) is 4.11. The Morgan fingerprint density at radius 1 is 1.08 bits per heavy atom. The maximum atomic E-state index is 13.5. The van der Waals surface area contributed by atoms with Gasteiger partial charge in [0.2, 0.25) is 0 Å². The summed E-state index contributed by atoms with van der Waals surface area (Å²) in [6, 6.07) is 10.7. The zero-order valence-electron chi connectivity index (χ0n) is 13.1. The number of aromatic nitrogens is 2. The number of hydrogen-bond acceptors (Lipinski definition) is 2. The minimum absolute atomic E-state index is 0.0690. The molecule has 0 bridgehead atoms. The van der Waals surface area contributed by atoms with Gasteiger partial charge in [0.05, 0.1) is 16.9 Å². The Morgan fingerprint density at radius 3 is 2.38 bits per heavy atom. The van der Waals surface area contributed by atoms with Crippen molar-refractivity contribution in [2.75, 3.05) is 0 Å². The molecule has 0 saturated carbocycles. The molecule has 1 aromatic heterocycles. The van der Waals surface area contributed by atoms with E-state index in [0.717, 1.165) is 16.9 Å². The van der Waals surface area contributed by atoms with E-state index in [0.29, 0.717) is 5.16 Å². The molecule has 0 spiro atoms. The highest BCUT2D eigenvalue weighted by atomic mass is 35.5. The molecule has 124 valence electrons. The van der Waals surface area contributed by atoms with Gasteiger partial charge < -0.3 is 0 Å². The summed E-state index contributed by atoms with van der Waals surface area (Å²) in [5, 5.41) is 0.553. The molecule has 0 atom stereocenters. The second-order valence-corrected chi connectivity index (χ2v) is 6.82. The maximum Gasteiger partial charge on any atom is 0.169 e. The number of nitrogens with zero attached hydrogens (tertiary/aromatic N) is 2. The van der Waals surface area contributed by atoms with Crippen LogP contribution >= 0.6 is 24.2 Å². The van der Waals surface area contributed by atoms with Crippen molar-refractivity contribution in [1.82, 2.24) is 9.55 Å². The lowest BCUT2D eigenvalue weighted by Gasteiger charge is -2.27. The van der Waals surface area contributed by atoms with Crippen molar-refractivity contribution in [3.05, 3.63) is 76.6 Å². The van der Waals surface area contributed by atoms with Gasteiger partial charge in [-0.3, -0.25) is 4.57 Å². The van der Waals surface area contributed by atoms with Crippen molar-refractivity contribution in [1.29, 1.82) is 0 Å². The van der Waals surface area contributed by atoms with Crippen LogP contribution in [0.1, 0.15) is 25.1 Å². The summed E-state index contributed by atoms with van der Waals surface area (Å²) in [5.41, 5.74) is 1.90. The highest BCUT2D eigenvalue weighted by molar-refractivity contribution is 7.80. The van der Waals surface area contributed by atoms with Crippen LogP contribution in [0.4, 0.5) is 8.78 Å². The molecule has 3 aromatic rings. The molecule has 1 heterocycles. The molecule has 0 radical (unpaired) electrons. The van der Waals surface area contributed by atoms with Gasteiger partial charge in [0, 0.05) is 11.1 Å². The van der Waals surface area contributed by atoms with Gasteiger partial charge in [-0.05, 0) is 42.0 Å². The van der Waals surface area contributed by atoms with Gasteiger partial charge in [-0.1, -0.05) is 31.5 Å². The average Bonchev–Trinajstić information content (AvgIpc) is 2.93. The van der Waals surface area contributed by atoms with E-state index in [9.17, 15) is 8.78 Å². The summed E-state index contributed by atoms with van der Waals surface area (Å²) >= 11 is 10.3. The molecule has 0 amide bonds. The Labute approximate surface area is 149 Å². The number of halogens is 3. The smallest absolute Gasteiger partial charge is 0.169 e. The van der Waals surface area contributed by atoms with Gasteiger partial charge >= 0.3 is 0 Å². The summed E-state index contributed by atoms with van der Waals surface area (Å²) in [7, 11) is 0. The molecule has 0 fully saturated rings.